The number of rotatable bonds is 3. The van der Waals surface area contributed by atoms with Crippen molar-refractivity contribution in [2.45, 2.75) is 12.3 Å². The van der Waals surface area contributed by atoms with Crippen LogP contribution in [0.25, 0.3) is 0 Å². The Morgan fingerprint density at radius 1 is 1.59 bits per heavy atom. The molecule has 1 heterocycles. The Kier molecular flexibility index (Phi) is 3.43. The first-order chi connectivity index (χ1) is 8.08. The Morgan fingerprint density at radius 3 is 2.88 bits per heavy atom. The zero-order valence-corrected chi connectivity index (χ0v) is 9.77. The van der Waals surface area contributed by atoms with Crippen molar-refractivity contribution < 1.29 is 14.3 Å². The predicted molar refractivity (Wildman–Crippen MR) is 62.4 cm³/mol. The topological polar surface area (TPSA) is 40.5 Å². The average Bonchev–Trinajstić information content (AvgIpc) is 2.64. The lowest BCUT2D eigenvalue weighted by molar-refractivity contribution is -0.140. The molecule has 2 atom stereocenters. The van der Waals surface area contributed by atoms with Gasteiger partial charge in [-0.05, 0) is 43.6 Å². The molecular formula is C13H16FNO2. The molecule has 1 aliphatic heterocycles. The fourth-order valence-corrected chi connectivity index (χ4v) is 2.56. The van der Waals surface area contributed by atoms with Crippen molar-refractivity contribution in [1.82, 2.24) is 4.90 Å². The lowest BCUT2D eigenvalue weighted by atomic mass is 9.85. The van der Waals surface area contributed by atoms with E-state index in [2.05, 4.69) is 4.90 Å². The summed E-state index contributed by atoms with van der Waals surface area (Å²) in [4.78, 5) is 13.5. The van der Waals surface area contributed by atoms with Crippen molar-refractivity contribution in [3.05, 3.63) is 35.6 Å². The van der Waals surface area contributed by atoms with Crippen LogP contribution in [0.1, 0.15) is 17.9 Å². The largest absolute Gasteiger partial charge is 0.481 e. The first-order valence-electron chi connectivity index (χ1n) is 5.74. The third-order valence-electron chi connectivity index (χ3n) is 3.37. The predicted octanol–water partition coefficient (Wildman–Crippen LogP) is 1.95. The Labute approximate surface area is 99.9 Å². The van der Waals surface area contributed by atoms with Gasteiger partial charge in [-0.25, -0.2) is 4.39 Å². The fraction of sp³-hybridized carbons (Fsp3) is 0.462. The van der Waals surface area contributed by atoms with Crippen LogP contribution in [0.3, 0.4) is 0 Å². The summed E-state index contributed by atoms with van der Waals surface area (Å²) in [7, 11) is 1.98. The molecule has 0 saturated carbocycles. The van der Waals surface area contributed by atoms with Crippen molar-refractivity contribution >= 4 is 5.97 Å². The van der Waals surface area contributed by atoms with Gasteiger partial charge >= 0.3 is 5.97 Å². The van der Waals surface area contributed by atoms with E-state index in [1.54, 1.807) is 12.1 Å². The van der Waals surface area contributed by atoms with Crippen LogP contribution in [0.2, 0.25) is 0 Å². The van der Waals surface area contributed by atoms with Crippen LogP contribution < -0.4 is 0 Å². The Morgan fingerprint density at radius 2 is 2.35 bits per heavy atom. The van der Waals surface area contributed by atoms with Gasteiger partial charge in [0.1, 0.15) is 5.82 Å². The Hall–Kier alpha value is -1.42. The number of carboxylic acid groups (broad SMARTS) is 1. The molecular weight excluding hydrogens is 221 g/mol. The summed E-state index contributed by atoms with van der Waals surface area (Å²) in [6, 6.07) is 5.93. The molecule has 0 bridgehead atoms. The maximum Gasteiger partial charge on any atom is 0.311 e. The van der Waals surface area contributed by atoms with Crippen LogP contribution in [-0.2, 0) is 4.79 Å². The zero-order valence-electron chi connectivity index (χ0n) is 9.77. The number of likely N-dealkylation sites (tertiary alicyclic amines) is 1. The third-order valence-corrected chi connectivity index (χ3v) is 3.37. The van der Waals surface area contributed by atoms with E-state index in [4.69, 9.17) is 0 Å². The molecule has 2 rings (SSSR count). The molecule has 1 fully saturated rings. The standard InChI is InChI=1S/C13H16FNO2/c1-15-6-5-10(8-15)12(13(16)17)9-3-2-4-11(14)7-9/h2-4,7,10,12H,5-6,8H2,1H3,(H,16,17). The second-order valence-corrected chi connectivity index (χ2v) is 4.68. The van der Waals surface area contributed by atoms with Crippen LogP contribution in [-0.4, -0.2) is 36.1 Å². The molecule has 3 nitrogen and oxygen atoms in total. The normalized spacial score (nSPS) is 22.6. The van der Waals surface area contributed by atoms with Gasteiger partial charge in [-0.3, -0.25) is 4.79 Å². The number of halogens is 1. The Balaban J connectivity index is 2.26. The van der Waals surface area contributed by atoms with Gasteiger partial charge in [0.05, 0.1) is 5.92 Å². The van der Waals surface area contributed by atoms with Gasteiger partial charge in [0, 0.05) is 6.54 Å². The van der Waals surface area contributed by atoms with Crippen molar-refractivity contribution in [3.8, 4) is 0 Å². The van der Waals surface area contributed by atoms with Gasteiger partial charge in [0.25, 0.3) is 0 Å². The molecule has 1 aliphatic rings. The first kappa shape index (κ1) is 12.0. The highest BCUT2D eigenvalue weighted by atomic mass is 19.1. The minimum absolute atomic E-state index is 0.0688. The number of aliphatic carboxylic acids is 1. The first-order valence-corrected chi connectivity index (χ1v) is 5.74. The van der Waals surface area contributed by atoms with E-state index in [1.165, 1.54) is 12.1 Å². The maximum absolute atomic E-state index is 13.2. The molecule has 2 unspecified atom stereocenters. The van der Waals surface area contributed by atoms with Gasteiger partial charge in [-0.15, -0.1) is 0 Å². The van der Waals surface area contributed by atoms with Gasteiger partial charge in [-0.2, -0.15) is 0 Å². The number of carbonyl (C=O) groups is 1. The van der Waals surface area contributed by atoms with Crippen molar-refractivity contribution in [1.29, 1.82) is 0 Å². The molecule has 4 heteroatoms. The zero-order chi connectivity index (χ0) is 12.4. The smallest absolute Gasteiger partial charge is 0.311 e. The third kappa shape index (κ3) is 2.64. The van der Waals surface area contributed by atoms with E-state index in [1.807, 2.05) is 7.05 Å². The quantitative estimate of drug-likeness (QED) is 0.873. The average molecular weight is 237 g/mol. The summed E-state index contributed by atoms with van der Waals surface area (Å²) in [6.07, 6.45) is 0.851. The van der Waals surface area contributed by atoms with Crippen LogP contribution in [0.4, 0.5) is 4.39 Å². The molecule has 1 saturated heterocycles. The molecule has 1 aromatic carbocycles. The lowest BCUT2D eigenvalue weighted by Gasteiger charge is -2.19. The molecule has 0 aromatic heterocycles. The molecule has 0 amide bonds. The summed E-state index contributed by atoms with van der Waals surface area (Å²) >= 11 is 0. The van der Waals surface area contributed by atoms with Crippen molar-refractivity contribution in [2.75, 3.05) is 20.1 Å². The number of carboxylic acids is 1. The van der Waals surface area contributed by atoms with E-state index in [0.29, 0.717) is 5.56 Å². The summed E-state index contributed by atoms with van der Waals surface area (Å²) < 4.78 is 13.2. The van der Waals surface area contributed by atoms with E-state index < -0.39 is 11.9 Å². The van der Waals surface area contributed by atoms with E-state index in [9.17, 15) is 14.3 Å². The van der Waals surface area contributed by atoms with Crippen molar-refractivity contribution in [2.24, 2.45) is 5.92 Å². The van der Waals surface area contributed by atoms with Crippen LogP contribution in [0.15, 0.2) is 24.3 Å². The number of benzene rings is 1. The summed E-state index contributed by atoms with van der Waals surface area (Å²) in [6.45, 7) is 1.66. The summed E-state index contributed by atoms with van der Waals surface area (Å²) in [5, 5.41) is 9.32. The molecule has 0 spiro atoms. The minimum atomic E-state index is -0.865. The number of nitrogens with zero attached hydrogens (tertiary/aromatic N) is 1. The van der Waals surface area contributed by atoms with Crippen LogP contribution in [0, 0.1) is 11.7 Å². The summed E-state index contributed by atoms with van der Waals surface area (Å²) in [5.41, 5.74) is 0.567. The monoisotopic (exact) mass is 237 g/mol. The van der Waals surface area contributed by atoms with Gasteiger partial charge in [0.2, 0.25) is 0 Å². The maximum atomic E-state index is 13.2. The highest BCUT2D eigenvalue weighted by Gasteiger charge is 2.33. The fourth-order valence-electron chi connectivity index (χ4n) is 2.56. The van der Waals surface area contributed by atoms with Crippen LogP contribution in [0.5, 0.6) is 0 Å². The number of hydrogen-bond donors (Lipinski definition) is 1. The second kappa shape index (κ2) is 4.84. The van der Waals surface area contributed by atoms with Crippen LogP contribution >= 0.6 is 0 Å². The van der Waals surface area contributed by atoms with E-state index in [-0.39, 0.29) is 11.7 Å². The molecule has 1 aromatic rings. The molecule has 0 radical (unpaired) electrons. The van der Waals surface area contributed by atoms with Crippen molar-refractivity contribution in [3.63, 3.8) is 0 Å². The second-order valence-electron chi connectivity index (χ2n) is 4.68. The highest BCUT2D eigenvalue weighted by molar-refractivity contribution is 5.76. The summed E-state index contributed by atoms with van der Waals surface area (Å²) in [5.74, 6) is -1.77. The van der Waals surface area contributed by atoms with E-state index >= 15 is 0 Å². The molecule has 17 heavy (non-hydrogen) atoms. The number of hydrogen-bond acceptors (Lipinski definition) is 2. The Bertz CT molecular complexity index is 422. The highest BCUT2D eigenvalue weighted by Crippen LogP contribution is 2.32. The molecule has 1 N–H and O–H groups in total. The molecule has 0 aliphatic carbocycles. The van der Waals surface area contributed by atoms with Gasteiger partial charge in [0.15, 0.2) is 0 Å². The van der Waals surface area contributed by atoms with Gasteiger partial charge in [-0.1, -0.05) is 12.1 Å². The lowest BCUT2D eigenvalue weighted by Crippen LogP contribution is -2.24. The van der Waals surface area contributed by atoms with E-state index in [0.717, 1.165) is 19.5 Å². The minimum Gasteiger partial charge on any atom is -0.481 e. The molecule has 92 valence electrons. The van der Waals surface area contributed by atoms with Gasteiger partial charge < -0.3 is 10.0 Å². The SMILES string of the molecule is CN1CCC(C(C(=O)O)c2cccc(F)c2)C1.